The van der Waals surface area contributed by atoms with Crippen LogP contribution in [0.1, 0.15) is 39.9 Å². The lowest BCUT2D eigenvalue weighted by Crippen LogP contribution is -2.29. The van der Waals surface area contributed by atoms with E-state index in [1.807, 2.05) is 32.0 Å². The van der Waals surface area contributed by atoms with Gasteiger partial charge in [-0.1, -0.05) is 24.3 Å². The quantitative estimate of drug-likeness (QED) is 0.671. The van der Waals surface area contributed by atoms with E-state index < -0.39 is 10.0 Å². The van der Waals surface area contributed by atoms with Crippen molar-refractivity contribution in [2.45, 2.75) is 32.4 Å². The Bertz CT molecular complexity index is 949. The fourth-order valence-corrected chi connectivity index (χ4v) is 4.92. The number of nitrogens with zero attached hydrogens (tertiary/aromatic N) is 1. The van der Waals surface area contributed by atoms with E-state index in [9.17, 15) is 13.2 Å². The van der Waals surface area contributed by atoms with E-state index in [0.29, 0.717) is 37.4 Å². The number of carbonyl (C=O) groups excluding carboxylic acids is 1. The highest BCUT2D eigenvalue weighted by atomic mass is 32.2. The summed E-state index contributed by atoms with van der Waals surface area (Å²) in [5.74, 6) is 0.588. The van der Waals surface area contributed by atoms with Crippen LogP contribution in [-0.4, -0.2) is 44.9 Å². The molecule has 0 radical (unpaired) electrons. The molecule has 7 heteroatoms. The van der Waals surface area contributed by atoms with Gasteiger partial charge in [-0.25, -0.2) is 12.7 Å². The number of aryl methyl sites for hydroxylation is 2. The first kappa shape index (κ1) is 21.3. The van der Waals surface area contributed by atoms with Crippen LogP contribution >= 0.6 is 0 Å². The first-order valence-electron chi connectivity index (χ1n) is 9.90. The highest BCUT2D eigenvalue weighted by molar-refractivity contribution is 7.88. The van der Waals surface area contributed by atoms with Crippen molar-refractivity contribution in [1.82, 2.24) is 9.62 Å². The van der Waals surface area contributed by atoms with Crippen molar-refractivity contribution in [3.63, 3.8) is 0 Å². The summed E-state index contributed by atoms with van der Waals surface area (Å²) in [6.45, 7) is 5.96. The zero-order valence-electron chi connectivity index (χ0n) is 17.0. The van der Waals surface area contributed by atoms with Crippen molar-refractivity contribution in [1.29, 1.82) is 0 Å². The van der Waals surface area contributed by atoms with Gasteiger partial charge in [-0.15, -0.1) is 0 Å². The summed E-state index contributed by atoms with van der Waals surface area (Å²) in [5, 5.41) is 2.83. The zero-order chi connectivity index (χ0) is 20.9. The number of hydrogen-bond acceptors (Lipinski definition) is 4. The van der Waals surface area contributed by atoms with Crippen LogP contribution in [0.15, 0.2) is 42.5 Å². The molecule has 2 aromatic rings. The van der Waals surface area contributed by atoms with Gasteiger partial charge in [0.05, 0.1) is 12.3 Å². The van der Waals surface area contributed by atoms with Crippen molar-refractivity contribution in [2.24, 2.45) is 0 Å². The summed E-state index contributed by atoms with van der Waals surface area (Å²) in [6.07, 6.45) is 1.84. The van der Waals surface area contributed by atoms with Crippen molar-refractivity contribution in [3.8, 4) is 5.75 Å². The molecule has 3 rings (SSSR count). The molecule has 0 spiro atoms. The summed E-state index contributed by atoms with van der Waals surface area (Å²) in [5.41, 5.74) is 3.37. The lowest BCUT2D eigenvalue weighted by molar-refractivity contribution is 0.0947. The fraction of sp³-hybridized carbons (Fsp3) is 0.409. The minimum absolute atomic E-state index is 0.0292. The SMILES string of the molecule is Cc1ccc(C)c(OCCNC(=O)c2ccc(CS(=O)(=O)N3CCCC3)cc2)c1. The van der Waals surface area contributed by atoms with Crippen LogP contribution in [0.4, 0.5) is 0 Å². The third-order valence-electron chi connectivity index (χ3n) is 5.01. The minimum Gasteiger partial charge on any atom is -0.491 e. The van der Waals surface area contributed by atoms with Crippen molar-refractivity contribution < 1.29 is 17.9 Å². The van der Waals surface area contributed by atoms with Gasteiger partial charge in [0.1, 0.15) is 12.4 Å². The molecule has 1 fully saturated rings. The monoisotopic (exact) mass is 416 g/mol. The standard InChI is InChI=1S/C22H28N2O4S/c1-17-5-6-18(2)21(15-17)28-14-11-23-22(25)20-9-7-19(8-10-20)16-29(26,27)24-12-3-4-13-24/h5-10,15H,3-4,11-14,16H2,1-2H3,(H,23,25). The van der Waals surface area contributed by atoms with Gasteiger partial charge in [-0.2, -0.15) is 0 Å². The highest BCUT2D eigenvalue weighted by Gasteiger charge is 2.25. The Morgan fingerprint density at radius 2 is 1.76 bits per heavy atom. The molecule has 0 unspecified atom stereocenters. The summed E-state index contributed by atoms with van der Waals surface area (Å²) in [4.78, 5) is 12.3. The maximum absolute atomic E-state index is 12.4. The molecular formula is C22H28N2O4S. The second kappa shape index (κ2) is 9.41. The smallest absolute Gasteiger partial charge is 0.251 e. The second-order valence-corrected chi connectivity index (χ2v) is 9.40. The van der Waals surface area contributed by atoms with Crippen molar-refractivity contribution in [2.75, 3.05) is 26.2 Å². The second-order valence-electron chi connectivity index (χ2n) is 7.43. The summed E-state index contributed by atoms with van der Waals surface area (Å²) >= 11 is 0. The van der Waals surface area contributed by atoms with E-state index in [1.165, 1.54) is 0 Å². The molecule has 0 bridgehead atoms. The topological polar surface area (TPSA) is 75.7 Å². The van der Waals surface area contributed by atoms with Crippen LogP contribution in [-0.2, 0) is 15.8 Å². The summed E-state index contributed by atoms with van der Waals surface area (Å²) in [6, 6.07) is 12.8. The molecular weight excluding hydrogens is 388 g/mol. The van der Waals surface area contributed by atoms with Crippen molar-refractivity contribution >= 4 is 15.9 Å². The van der Waals surface area contributed by atoms with Crippen LogP contribution in [0.25, 0.3) is 0 Å². The predicted molar refractivity (Wildman–Crippen MR) is 114 cm³/mol. The Kier molecular flexibility index (Phi) is 6.92. The maximum atomic E-state index is 12.4. The molecule has 1 saturated heterocycles. The van der Waals surface area contributed by atoms with E-state index in [-0.39, 0.29) is 11.7 Å². The van der Waals surface area contributed by atoms with Crippen molar-refractivity contribution in [3.05, 3.63) is 64.7 Å². The average molecular weight is 417 g/mol. The number of sulfonamides is 1. The predicted octanol–water partition coefficient (Wildman–Crippen LogP) is 3.04. The van der Waals surface area contributed by atoms with E-state index in [1.54, 1.807) is 28.6 Å². The van der Waals surface area contributed by atoms with Gasteiger partial charge >= 0.3 is 0 Å². The number of carbonyl (C=O) groups is 1. The molecule has 1 aliphatic heterocycles. The molecule has 0 atom stereocenters. The van der Waals surface area contributed by atoms with Gasteiger partial charge in [0.15, 0.2) is 0 Å². The normalized spacial score (nSPS) is 14.7. The summed E-state index contributed by atoms with van der Waals surface area (Å²) < 4.78 is 32.1. The van der Waals surface area contributed by atoms with E-state index >= 15 is 0 Å². The van der Waals surface area contributed by atoms with Crippen LogP contribution in [0.5, 0.6) is 5.75 Å². The number of nitrogens with one attached hydrogen (secondary N) is 1. The number of rotatable bonds is 8. The Morgan fingerprint density at radius 1 is 1.07 bits per heavy atom. The van der Waals surface area contributed by atoms with E-state index in [4.69, 9.17) is 4.74 Å². The van der Waals surface area contributed by atoms with Crippen LogP contribution < -0.4 is 10.1 Å². The molecule has 0 aromatic heterocycles. The first-order chi connectivity index (χ1) is 13.8. The molecule has 1 heterocycles. The Balaban J connectivity index is 1.48. The Morgan fingerprint density at radius 3 is 2.45 bits per heavy atom. The Hall–Kier alpha value is -2.38. The van der Waals surface area contributed by atoms with Gasteiger partial charge in [0, 0.05) is 18.7 Å². The molecule has 156 valence electrons. The lowest BCUT2D eigenvalue weighted by atomic mass is 10.1. The first-order valence-corrected chi connectivity index (χ1v) is 11.5. The molecule has 1 aliphatic rings. The van der Waals surface area contributed by atoms with Gasteiger partial charge in [-0.3, -0.25) is 4.79 Å². The van der Waals surface area contributed by atoms with Gasteiger partial charge < -0.3 is 10.1 Å². The largest absolute Gasteiger partial charge is 0.491 e. The zero-order valence-corrected chi connectivity index (χ0v) is 17.8. The number of hydrogen-bond donors (Lipinski definition) is 1. The molecule has 6 nitrogen and oxygen atoms in total. The van der Waals surface area contributed by atoms with Crippen LogP contribution in [0.3, 0.4) is 0 Å². The average Bonchev–Trinajstić information content (AvgIpc) is 3.24. The van der Waals surface area contributed by atoms with Gasteiger partial charge in [0.2, 0.25) is 10.0 Å². The molecule has 29 heavy (non-hydrogen) atoms. The maximum Gasteiger partial charge on any atom is 0.251 e. The lowest BCUT2D eigenvalue weighted by Gasteiger charge is -2.15. The third-order valence-corrected chi connectivity index (χ3v) is 6.86. The third kappa shape index (κ3) is 5.81. The summed E-state index contributed by atoms with van der Waals surface area (Å²) in [7, 11) is -3.28. The number of amides is 1. The van der Waals surface area contributed by atoms with E-state index in [2.05, 4.69) is 5.32 Å². The number of benzene rings is 2. The Labute approximate surface area is 172 Å². The van der Waals surface area contributed by atoms with E-state index in [0.717, 1.165) is 29.7 Å². The molecule has 1 amide bonds. The van der Waals surface area contributed by atoms with Crippen LogP contribution in [0, 0.1) is 13.8 Å². The fourth-order valence-electron chi connectivity index (χ4n) is 3.31. The molecule has 0 aliphatic carbocycles. The van der Waals surface area contributed by atoms with Gasteiger partial charge in [0.25, 0.3) is 5.91 Å². The molecule has 1 N–H and O–H groups in total. The minimum atomic E-state index is -3.28. The molecule has 0 saturated carbocycles. The van der Waals surface area contributed by atoms with Gasteiger partial charge in [-0.05, 0) is 61.6 Å². The number of ether oxygens (including phenoxy) is 1. The van der Waals surface area contributed by atoms with Crippen LogP contribution in [0.2, 0.25) is 0 Å². The highest BCUT2D eigenvalue weighted by Crippen LogP contribution is 2.19. The molecule has 2 aromatic carbocycles.